The number of hydrogen-bond donors (Lipinski definition) is 1. The van der Waals surface area contributed by atoms with Crippen LogP contribution >= 0.6 is 0 Å². The summed E-state index contributed by atoms with van der Waals surface area (Å²) in [5.74, 6) is -0.0388. The van der Waals surface area contributed by atoms with Gasteiger partial charge in [0, 0.05) is 6.54 Å². The van der Waals surface area contributed by atoms with Crippen molar-refractivity contribution >= 4 is 11.9 Å². The van der Waals surface area contributed by atoms with Crippen LogP contribution in [0.5, 0.6) is 11.5 Å². The Morgan fingerprint density at radius 2 is 1.64 bits per heavy atom. The summed E-state index contributed by atoms with van der Waals surface area (Å²) in [4.78, 5) is 23.4. The van der Waals surface area contributed by atoms with Gasteiger partial charge in [0.15, 0.2) is 24.7 Å². The van der Waals surface area contributed by atoms with E-state index in [0.717, 1.165) is 11.1 Å². The Morgan fingerprint density at radius 3 is 2.36 bits per heavy atom. The standard InChI is InChI=1S/C19H21NO5/c1-14-7-3-4-8-15(14)11-20-18(21)12-25-19(22)13-24-17-10-6-5-9-16(17)23-2/h3-10H,11-13H2,1-2H3,(H,20,21). The Balaban J connectivity index is 1.71. The molecule has 2 rings (SSSR count). The summed E-state index contributed by atoms with van der Waals surface area (Å²) < 4.78 is 15.4. The molecule has 1 N–H and O–H groups in total. The van der Waals surface area contributed by atoms with Crippen molar-refractivity contribution in [1.29, 1.82) is 0 Å². The number of ether oxygens (including phenoxy) is 3. The number of carbonyl (C=O) groups is 2. The Morgan fingerprint density at radius 1 is 0.960 bits per heavy atom. The number of benzene rings is 2. The maximum atomic E-state index is 11.8. The second kappa shape index (κ2) is 9.32. The van der Waals surface area contributed by atoms with Gasteiger partial charge >= 0.3 is 5.97 Å². The first-order valence-corrected chi connectivity index (χ1v) is 7.83. The average molecular weight is 343 g/mol. The van der Waals surface area contributed by atoms with Crippen molar-refractivity contribution in [2.24, 2.45) is 0 Å². The monoisotopic (exact) mass is 343 g/mol. The normalized spacial score (nSPS) is 10.0. The van der Waals surface area contributed by atoms with Crippen molar-refractivity contribution in [3.63, 3.8) is 0 Å². The maximum absolute atomic E-state index is 11.8. The molecule has 0 fully saturated rings. The number of esters is 1. The van der Waals surface area contributed by atoms with E-state index in [1.807, 2.05) is 31.2 Å². The molecule has 0 atom stereocenters. The van der Waals surface area contributed by atoms with Gasteiger partial charge in [0.05, 0.1) is 7.11 Å². The first-order chi connectivity index (χ1) is 12.1. The van der Waals surface area contributed by atoms with E-state index in [9.17, 15) is 9.59 Å². The van der Waals surface area contributed by atoms with Gasteiger partial charge in [-0.05, 0) is 30.2 Å². The summed E-state index contributed by atoms with van der Waals surface area (Å²) in [7, 11) is 1.51. The summed E-state index contributed by atoms with van der Waals surface area (Å²) in [6.07, 6.45) is 0. The van der Waals surface area contributed by atoms with Crippen molar-refractivity contribution in [2.45, 2.75) is 13.5 Å². The highest BCUT2D eigenvalue weighted by Crippen LogP contribution is 2.25. The zero-order chi connectivity index (χ0) is 18.1. The van der Waals surface area contributed by atoms with Crippen LogP contribution < -0.4 is 14.8 Å². The van der Waals surface area contributed by atoms with Crippen LogP contribution in [0.1, 0.15) is 11.1 Å². The molecule has 0 unspecified atom stereocenters. The molecule has 2 aromatic rings. The minimum absolute atomic E-state index is 0.300. The van der Waals surface area contributed by atoms with E-state index in [2.05, 4.69) is 5.32 Å². The van der Waals surface area contributed by atoms with Gasteiger partial charge in [-0.25, -0.2) is 4.79 Å². The number of aryl methyl sites for hydroxylation is 1. The first kappa shape index (κ1) is 18.3. The minimum Gasteiger partial charge on any atom is -0.493 e. The topological polar surface area (TPSA) is 73.9 Å². The molecule has 0 aromatic heterocycles. The predicted molar refractivity (Wildman–Crippen MR) is 92.5 cm³/mol. The number of rotatable bonds is 8. The molecule has 0 spiro atoms. The highest BCUT2D eigenvalue weighted by atomic mass is 16.6. The van der Waals surface area contributed by atoms with Crippen molar-refractivity contribution in [3.8, 4) is 11.5 Å². The number of hydrogen-bond acceptors (Lipinski definition) is 5. The summed E-state index contributed by atoms with van der Waals surface area (Å²) in [5.41, 5.74) is 2.10. The fourth-order valence-electron chi connectivity index (χ4n) is 2.12. The lowest BCUT2D eigenvalue weighted by Gasteiger charge is -2.10. The van der Waals surface area contributed by atoms with E-state index in [1.54, 1.807) is 24.3 Å². The van der Waals surface area contributed by atoms with Crippen LogP contribution in [0.15, 0.2) is 48.5 Å². The van der Waals surface area contributed by atoms with Crippen molar-refractivity contribution in [1.82, 2.24) is 5.32 Å². The molecule has 1 amide bonds. The molecule has 0 aliphatic rings. The van der Waals surface area contributed by atoms with Crippen molar-refractivity contribution in [2.75, 3.05) is 20.3 Å². The number of nitrogens with one attached hydrogen (secondary N) is 1. The Bertz CT molecular complexity index is 729. The number of para-hydroxylation sites is 2. The van der Waals surface area contributed by atoms with Crippen LogP contribution in [0.25, 0.3) is 0 Å². The van der Waals surface area contributed by atoms with E-state index in [-0.39, 0.29) is 19.1 Å². The first-order valence-electron chi connectivity index (χ1n) is 7.83. The Labute approximate surface area is 146 Å². The summed E-state index contributed by atoms with van der Waals surface area (Å²) in [6, 6.07) is 14.7. The van der Waals surface area contributed by atoms with Crippen LogP contribution in [0.3, 0.4) is 0 Å². The Kier molecular flexibility index (Phi) is 6.83. The smallest absolute Gasteiger partial charge is 0.344 e. The molecule has 0 aliphatic carbocycles. The van der Waals surface area contributed by atoms with Gasteiger partial charge in [0.25, 0.3) is 5.91 Å². The van der Waals surface area contributed by atoms with Gasteiger partial charge in [-0.2, -0.15) is 0 Å². The molecule has 0 aliphatic heterocycles. The van der Waals surface area contributed by atoms with E-state index in [4.69, 9.17) is 14.2 Å². The van der Waals surface area contributed by atoms with Gasteiger partial charge in [-0.15, -0.1) is 0 Å². The largest absolute Gasteiger partial charge is 0.493 e. The molecule has 25 heavy (non-hydrogen) atoms. The van der Waals surface area contributed by atoms with Crippen LogP contribution in [-0.2, 0) is 20.9 Å². The van der Waals surface area contributed by atoms with Gasteiger partial charge in [0.2, 0.25) is 0 Å². The number of carbonyl (C=O) groups excluding carboxylic acids is 2. The van der Waals surface area contributed by atoms with E-state index in [1.165, 1.54) is 7.11 Å². The SMILES string of the molecule is COc1ccccc1OCC(=O)OCC(=O)NCc1ccccc1C. The zero-order valence-corrected chi connectivity index (χ0v) is 14.3. The van der Waals surface area contributed by atoms with Crippen molar-refractivity contribution < 1.29 is 23.8 Å². The summed E-state index contributed by atoms with van der Waals surface area (Å²) in [6.45, 7) is 1.71. The molecule has 132 valence electrons. The quantitative estimate of drug-likeness (QED) is 0.744. The molecule has 0 radical (unpaired) electrons. The molecule has 0 bridgehead atoms. The molecular formula is C19H21NO5. The lowest BCUT2D eigenvalue weighted by Crippen LogP contribution is -2.29. The van der Waals surface area contributed by atoms with Crippen LogP contribution in [0, 0.1) is 6.92 Å². The minimum atomic E-state index is -0.628. The lowest BCUT2D eigenvalue weighted by molar-refractivity contribution is -0.150. The fraction of sp³-hybridized carbons (Fsp3) is 0.263. The van der Waals surface area contributed by atoms with Crippen LogP contribution in [0.2, 0.25) is 0 Å². The molecular weight excluding hydrogens is 322 g/mol. The van der Waals surface area contributed by atoms with E-state index in [0.29, 0.717) is 18.0 Å². The molecule has 6 heteroatoms. The van der Waals surface area contributed by atoms with Crippen LogP contribution in [-0.4, -0.2) is 32.2 Å². The van der Waals surface area contributed by atoms with Gasteiger partial charge in [-0.1, -0.05) is 36.4 Å². The molecule has 2 aromatic carbocycles. The highest BCUT2D eigenvalue weighted by molar-refractivity contribution is 5.80. The van der Waals surface area contributed by atoms with Gasteiger partial charge in [0.1, 0.15) is 0 Å². The van der Waals surface area contributed by atoms with E-state index >= 15 is 0 Å². The second-order valence-electron chi connectivity index (χ2n) is 5.30. The van der Waals surface area contributed by atoms with E-state index < -0.39 is 5.97 Å². The molecule has 0 heterocycles. The fourth-order valence-corrected chi connectivity index (χ4v) is 2.12. The third-order valence-electron chi connectivity index (χ3n) is 3.52. The lowest BCUT2D eigenvalue weighted by atomic mass is 10.1. The third kappa shape index (κ3) is 5.84. The zero-order valence-electron chi connectivity index (χ0n) is 14.3. The van der Waals surface area contributed by atoms with Gasteiger partial charge < -0.3 is 19.5 Å². The number of amides is 1. The third-order valence-corrected chi connectivity index (χ3v) is 3.52. The molecule has 0 saturated heterocycles. The predicted octanol–water partition coefficient (Wildman–Crippen LogP) is 2.24. The average Bonchev–Trinajstić information content (AvgIpc) is 2.64. The number of methoxy groups -OCH3 is 1. The molecule has 0 saturated carbocycles. The summed E-state index contributed by atoms with van der Waals surface area (Å²) in [5, 5.41) is 2.71. The summed E-state index contributed by atoms with van der Waals surface area (Å²) >= 11 is 0. The van der Waals surface area contributed by atoms with Gasteiger partial charge in [-0.3, -0.25) is 4.79 Å². The van der Waals surface area contributed by atoms with Crippen LogP contribution in [0.4, 0.5) is 0 Å². The maximum Gasteiger partial charge on any atom is 0.344 e. The molecule has 6 nitrogen and oxygen atoms in total. The highest BCUT2D eigenvalue weighted by Gasteiger charge is 2.10. The van der Waals surface area contributed by atoms with Crippen molar-refractivity contribution in [3.05, 3.63) is 59.7 Å². The second-order valence-corrected chi connectivity index (χ2v) is 5.30. The Hall–Kier alpha value is -3.02.